The van der Waals surface area contributed by atoms with Crippen LogP contribution in [0.15, 0.2) is 0 Å². The monoisotopic (exact) mass is 559 g/mol. The molecule has 0 aliphatic heterocycles. The molecule has 0 aromatic rings. The summed E-state index contributed by atoms with van der Waals surface area (Å²) in [6.45, 7) is 23.6. The molecule has 0 bridgehead atoms. The molecule has 3 N–H and O–H groups in total. The highest BCUT2D eigenvalue weighted by Crippen LogP contribution is 2.73. The van der Waals surface area contributed by atoms with Crippen molar-refractivity contribution in [2.75, 3.05) is 0 Å². The van der Waals surface area contributed by atoms with Crippen molar-refractivity contribution in [2.24, 2.45) is 87.3 Å². The first kappa shape index (κ1) is 31.3. The summed E-state index contributed by atoms with van der Waals surface area (Å²) in [5.41, 5.74) is -0.223. The molecule has 0 aromatic carbocycles. The van der Waals surface area contributed by atoms with Gasteiger partial charge in [-0.15, -0.1) is 0 Å². The Morgan fingerprint density at radius 1 is 0.875 bits per heavy atom. The number of aliphatic hydroxyl groups excluding tert-OH is 3. The third kappa shape index (κ3) is 4.51. The third-order valence-corrected chi connectivity index (χ3v) is 15.6. The lowest BCUT2D eigenvalue weighted by molar-refractivity contribution is -0.282. The maximum Gasteiger partial charge on any atom is 0.0656 e. The van der Waals surface area contributed by atoms with E-state index in [0.29, 0.717) is 35.5 Å². The van der Waals surface area contributed by atoms with Crippen LogP contribution >= 0.6 is 0 Å². The molecule has 5 rings (SSSR count). The molecule has 0 saturated heterocycles. The molecular formula is C37H66O3. The molecular weight excluding hydrogens is 492 g/mol. The molecule has 15 atom stereocenters. The maximum absolute atomic E-state index is 12.7. The topological polar surface area (TPSA) is 60.7 Å². The minimum Gasteiger partial charge on any atom is -0.393 e. The minimum atomic E-state index is -0.542. The molecule has 3 heteroatoms. The Kier molecular flexibility index (Phi) is 8.45. The average molecular weight is 559 g/mol. The molecule has 40 heavy (non-hydrogen) atoms. The molecule has 0 aromatic heterocycles. The first-order valence-corrected chi connectivity index (χ1v) is 17.7. The van der Waals surface area contributed by atoms with Crippen LogP contribution in [0.25, 0.3) is 0 Å². The highest BCUT2D eigenvalue weighted by molar-refractivity contribution is 5.19. The fourth-order valence-corrected chi connectivity index (χ4v) is 13.6. The Hall–Kier alpha value is -0.120. The van der Waals surface area contributed by atoms with Crippen LogP contribution in [0.1, 0.15) is 127 Å². The van der Waals surface area contributed by atoms with Gasteiger partial charge in [0.2, 0.25) is 0 Å². The first-order chi connectivity index (χ1) is 18.6. The lowest BCUT2D eigenvalue weighted by Gasteiger charge is -2.72. The van der Waals surface area contributed by atoms with Gasteiger partial charge in [0.1, 0.15) is 0 Å². The van der Waals surface area contributed by atoms with E-state index in [0.717, 1.165) is 30.6 Å². The quantitative estimate of drug-likeness (QED) is 0.326. The van der Waals surface area contributed by atoms with Gasteiger partial charge >= 0.3 is 0 Å². The van der Waals surface area contributed by atoms with E-state index >= 15 is 0 Å². The lowest BCUT2D eigenvalue weighted by atomic mass is 9.33. The third-order valence-electron chi connectivity index (χ3n) is 15.6. The van der Waals surface area contributed by atoms with Crippen LogP contribution in [0.5, 0.6) is 0 Å². The smallest absolute Gasteiger partial charge is 0.0656 e. The second-order valence-electron chi connectivity index (χ2n) is 17.7. The van der Waals surface area contributed by atoms with Crippen LogP contribution in [0, 0.1) is 87.3 Å². The number of fused-ring (bicyclic) bond motifs is 3. The summed E-state index contributed by atoms with van der Waals surface area (Å²) in [6.07, 6.45) is 10.3. The van der Waals surface area contributed by atoms with Crippen LogP contribution in [0.2, 0.25) is 0 Å². The van der Waals surface area contributed by atoms with Crippen molar-refractivity contribution in [1.29, 1.82) is 0 Å². The molecule has 3 nitrogen and oxygen atoms in total. The number of hydrogen-bond donors (Lipinski definition) is 3. The van der Waals surface area contributed by atoms with Crippen molar-refractivity contribution < 1.29 is 15.3 Å². The van der Waals surface area contributed by atoms with Crippen molar-refractivity contribution in [3.8, 4) is 0 Å². The van der Waals surface area contributed by atoms with Gasteiger partial charge in [-0.1, -0.05) is 81.6 Å². The summed E-state index contributed by atoms with van der Waals surface area (Å²) in [5.74, 6) is 6.02. The number of hydrogen-bond acceptors (Lipinski definition) is 3. The van der Waals surface area contributed by atoms with Crippen LogP contribution in [0.4, 0.5) is 0 Å². The summed E-state index contributed by atoms with van der Waals surface area (Å²) in [6, 6.07) is 0. The normalized spacial score (nSPS) is 57.6. The van der Waals surface area contributed by atoms with Crippen molar-refractivity contribution >= 4 is 0 Å². The summed E-state index contributed by atoms with van der Waals surface area (Å²) in [5, 5.41) is 35.5. The Morgan fingerprint density at radius 3 is 2.05 bits per heavy atom. The van der Waals surface area contributed by atoms with Crippen LogP contribution < -0.4 is 0 Å². The predicted molar refractivity (Wildman–Crippen MR) is 165 cm³/mol. The standard InChI is InChI=1S/C37H66O3/c1-11-25-12-14-26(15-13-25)28-16-27(20(2)3)29-18-35(8)19-36(9)17-21(4)30(24(7)38)34(40)37(36,10)23(6)32(35)33(39)31(29)22(28)5/h20-34,38-40H,11-19H2,1-10H3. The van der Waals surface area contributed by atoms with Crippen LogP contribution in [0.3, 0.4) is 0 Å². The summed E-state index contributed by atoms with van der Waals surface area (Å²) >= 11 is 0. The van der Waals surface area contributed by atoms with Crippen molar-refractivity contribution in [1.82, 2.24) is 0 Å². The molecule has 5 saturated carbocycles. The summed E-state index contributed by atoms with van der Waals surface area (Å²) < 4.78 is 0. The molecule has 0 radical (unpaired) electrons. The van der Waals surface area contributed by atoms with Crippen molar-refractivity contribution in [3.63, 3.8) is 0 Å². The number of aliphatic hydroxyl groups is 3. The fraction of sp³-hybridized carbons (Fsp3) is 1.00. The van der Waals surface area contributed by atoms with E-state index in [-0.39, 0.29) is 40.1 Å². The largest absolute Gasteiger partial charge is 0.393 e. The maximum atomic E-state index is 12.7. The van der Waals surface area contributed by atoms with Gasteiger partial charge in [0.05, 0.1) is 18.3 Å². The molecule has 15 unspecified atom stereocenters. The van der Waals surface area contributed by atoms with E-state index in [2.05, 4.69) is 62.3 Å². The van der Waals surface area contributed by atoms with E-state index in [1.165, 1.54) is 44.9 Å². The Labute approximate surface area is 247 Å². The molecule has 5 aliphatic carbocycles. The second-order valence-corrected chi connectivity index (χ2v) is 17.7. The van der Waals surface area contributed by atoms with Crippen LogP contribution in [-0.4, -0.2) is 33.6 Å². The second kappa shape index (κ2) is 10.8. The van der Waals surface area contributed by atoms with Crippen molar-refractivity contribution in [2.45, 2.75) is 145 Å². The molecule has 232 valence electrons. The summed E-state index contributed by atoms with van der Waals surface area (Å²) in [7, 11) is 0. The average Bonchev–Trinajstić information content (AvgIpc) is 2.85. The molecule has 5 aliphatic rings. The van der Waals surface area contributed by atoms with Gasteiger partial charge in [-0.05, 0) is 121 Å². The Balaban J connectivity index is 1.50. The highest BCUT2D eigenvalue weighted by atomic mass is 16.3. The zero-order valence-electron chi connectivity index (χ0n) is 27.9. The number of rotatable bonds is 4. The SMILES string of the molecule is CCC1CCC(C2CC(C(C)C)C3CC4(C)CC5(C)CC(C)C(C(C)O)C(O)C5(C)C(C)C4C(O)C3C2C)CC1. The zero-order chi connectivity index (χ0) is 29.5. The predicted octanol–water partition coefficient (Wildman–Crippen LogP) is 8.20. The molecule has 0 heterocycles. The van der Waals surface area contributed by atoms with E-state index in [9.17, 15) is 15.3 Å². The van der Waals surface area contributed by atoms with Gasteiger partial charge in [-0.2, -0.15) is 0 Å². The van der Waals surface area contributed by atoms with E-state index < -0.39 is 12.2 Å². The summed E-state index contributed by atoms with van der Waals surface area (Å²) in [4.78, 5) is 0. The Bertz CT molecular complexity index is 892. The molecule has 0 amide bonds. The zero-order valence-corrected chi connectivity index (χ0v) is 27.9. The highest BCUT2D eigenvalue weighted by Gasteiger charge is 2.70. The van der Waals surface area contributed by atoms with E-state index in [4.69, 9.17) is 0 Å². The van der Waals surface area contributed by atoms with Gasteiger partial charge in [0.15, 0.2) is 0 Å². The van der Waals surface area contributed by atoms with Crippen molar-refractivity contribution in [3.05, 3.63) is 0 Å². The molecule has 5 fully saturated rings. The van der Waals surface area contributed by atoms with Gasteiger partial charge in [0.25, 0.3) is 0 Å². The molecule has 0 spiro atoms. The minimum absolute atomic E-state index is 0.00249. The van der Waals surface area contributed by atoms with Gasteiger partial charge in [0, 0.05) is 11.3 Å². The Morgan fingerprint density at radius 2 is 1.50 bits per heavy atom. The van der Waals surface area contributed by atoms with E-state index in [1.807, 2.05) is 6.92 Å². The van der Waals surface area contributed by atoms with Gasteiger partial charge < -0.3 is 15.3 Å². The van der Waals surface area contributed by atoms with Crippen LogP contribution in [-0.2, 0) is 0 Å². The first-order valence-electron chi connectivity index (χ1n) is 17.7. The van der Waals surface area contributed by atoms with E-state index in [1.54, 1.807) is 0 Å². The van der Waals surface area contributed by atoms with Gasteiger partial charge in [-0.25, -0.2) is 0 Å². The van der Waals surface area contributed by atoms with Gasteiger partial charge in [-0.3, -0.25) is 0 Å². The lowest BCUT2D eigenvalue weighted by Crippen LogP contribution is -2.70. The fourth-order valence-electron chi connectivity index (χ4n) is 13.6.